The van der Waals surface area contributed by atoms with Crippen LogP contribution in [0.25, 0.3) is 0 Å². The second-order valence-electron chi connectivity index (χ2n) is 3.66. The number of hydrogen-bond donors (Lipinski definition) is 0. The van der Waals surface area contributed by atoms with Crippen molar-refractivity contribution in [2.24, 2.45) is 0 Å². The molecule has 2 rings (SSSR count). The fourth-order valence-corrected chi connectivity index (χ4v) is 1.92. The summed E-state index contributed by atoms with van der Waals surface area (Å²) in [5.74, 6) is 0. The van der Waals surface area contributed by atoms with Crippen LogP contribution in [0.2, 0.25) is 0 Å². The van der Waals surface area contributed by atoms with Crippen LogP contribution >= 0.6 is 15.9 Å². The van der Waals surface area contributed by atoms with Crippen molar-refractivity contribution in [3.8, 4) is 0 Å². The Morgan fingerprint density at radius 3 is 2.82 bits per heavy atom. The maximum absolute atomic E-state index is 10.9. The third-order valence-electron chi connectivity index (χ3n) is 2.49. The van der Waals surface area contributed by atoms with Crippen LogP contribution in [-0.4, -0.2) is 14.7 Å². The third-order valence-corrected chi connectivity index (χ3v) is 2.99. The molecule has 1 aromatic carbocycles. The molecule has 1 aromatic heterocycles. The van der Waals surface area contributed by atoms with Crippen LogP contribution in [0.1, 0.15) is 11.3 Å². The maximum Gasteiger partial charge on any atom is 0.275 e. The van der Waals surface area contributed by atoms with E-state index in [1.54, 1.807) is 23.0 Å². The van der Waals surface area contributed by atoms with Crippen molar-refractivity contribution in [3.05, 3.63) is 56.3 Å². The topological polar surface area (TPSA) is 61.0 Å². The number of aryl methyl sites for hydroxylation is 1. The number of nitro benzene ring substituents is 1. The fraction of sp³-hybridized carbons (Fsp3) is 0.182. The summed E-state index contributed by atoms with van der Waals surface area (Å²) < 4.78 is 2.43. The van der Waals surface area contributed by atoms with Crippen molar-refractivity contribution in [1.82, 2.24) is 9.78 Å². The van der Waals surface area contributed by atoms with E-state index < -0.39 is 0 Å². The van der Waals surface area contributed by atoms with Gasteiger partial charge in [0.15, 0.2) is 0 Å². The van der Waals surface area contributed by atoms with E-state index in [0.717, 1.165) is 5.69 Å². The highest BCUT2D eigenvalue weighted by Gasteiger charge is 2.14. The Bertz CT molecular complexity index is 566. The summed E-state index contributed by atoms with van der Waals surface area (Å²) in [6.45, 7) is 2.32. The van der Waals surface area contributed by atoms with Crippen molar-refractivity contribution in [2.45, 2.75) is 13.5 Å². The number of nitro groups is 1. The molecule has 0 radical (unpaired) electrons. The number of benzene rings is 1. The number of nitrogens with zero attached hydrogens (tertiary/aromatic N) is 3. The molecule has 0 aliphatic carbocycles. The second kappa shape index (κ2) is 4.67. The molecule has 0 aliphatic rings. The predicted molar refractivity (Wildman–Crippen MR) is 66.9 cm³/mol. The first-order valence-corrected chi connectivity index (χ1v) is 5.78. The van der Waals surface area contributed by atoms with Gasteiger partial charge in [-0.3, -0.25) is 14.8 Å². The minimum atomic E-state index is -0.376. The molecule has 0 unspecified atom stereocenters. The van der Waals surface area contributed by atoms with E-state index in [0.29, 0.717) is 16.6 Å². The molecule has 0 amide bonds. The van der Waals surface area contributed by atoms with Gasteiger partial charge in [0.25, 0.3) is 5.69 Å². The van der Waals surface area contributed by atoms with E-state index >= 15 is 0 Å². The maximum atomic E-state index is 10.9. The van der Waals surface area contributed by atoms with E-state index in [2.05, 4.69) is 21.0 Å². The molecule has 0 N–H and O–H groups in total. The van der Waals surface area contributed by atoms with Crippen molar-refractivity contribution >= 4 is 21.6 Å². The lowest BCUT2D eigenvalue weighted by Crippen LogP contribution is -2.06. The lowest BCUT2D eigenvalue weighted by atomic mass is 10.2. The lowest BCUT2D eigenvalue weighted by Gasteiger charge is -2.05. The molecular formula is C11H10BrN3O2. The number of rotatable bonds is 3. The van der Waals surface area contributed by atoms with Crippen LogP contribution in [0, 0.1) is 17.0 Å². The monoisotopic (exact) mass is 295 g/mol. The van der Waals surface area contributed by atoms with Crippen molar-refractivity contribution in [3.63, 3.8) is 0 Å². The van der Waals surface area contributed by atoms with E-state index in [1.807, 2.05) is 13.0 Å². The van der Waals surface area contributed by atoms with Crippen LogP contribution in [0.5, 0.6) is 0 Å². The molecule has 5 nitrogen and oxygen atoms in total. The van der Waals surface area contributed by atoms with Gasteiger partial charge in [-0.25, -0.2) is 0 Å². The molecule has 0 aliphatic heterocycles. The Balaban J connectivity index is 2.39. The first-order chi connectivity index (χ1) is 8.08. The van der Waals surface area contributed by atoms with Gasteiger partial charge in [0.05, 0.1) is 17.0 Å². The zero-order valence-electron chi connectivity index (χ0n) is 9.13. The van der Waals surface area contributed by atoms with E-state index in [-0.39, 0.29) is 10.6 Å². The summed E-state index contributed by atoms with van der Waals surface area (Å²) >= 11 is 3.23. The average Bonchev–Trinajstić information content (AvgIpc) is 2.67. The number of aromatic nitrogens is 2. The lowest BCUT2D eigenvalue weighted by molar-refractivity contribution is -0.385. The van der Waals surface area contributed by atoms with Gasteiger partial charge in [0.1, 0.15) is 0 Å². The Morgan fingerprint density at radius 2 is 2.24 bits per heavy atom. The molecule has 17 heavy (non-hydrogen) atoms. The summed E-state index contributed by atoms with van der Waals surface area (Å²) in [6, 6.07) is 6.91. The SMILES string of the molecule is Cc1ccnn1Cc1ccc(Br)cc1[N+](=O)[O-]. The van der Waals surface area contributed by atoms with Gasteiger partial charge in [-0.1, -0.05) is 15.9 Å². The molecule has 0 atom stereocenters. The Morgan fingerprint density at radius 1 is 1.47 bits per heavy atom. The van der Waals surface area contributed by atoms with Gasteiger partial charge in [-0.2, -0.15) is 5.10 Å². The highest BCUT2D eigenvalue weighted by Crippen LogP contribution is 2.24. The summed E-state index contributed by atoms with van der Waals surface area (Å²) in [7, 11) is 0. The first kappa shape index (κ1) is 11.8. The quantitative estimate of drug-likeness (QED) is 0.646. The van der Waals surface area contributed by atoms with Crippen LogP contribution in [0.15, 0.2) is 34.9 Å². The summed E-state index contributed by atoms with van der Waals surface area (Å²) in [6.07, 6.45) is 1.68. The second-order valence-corrected chi connectivity index (χ2v) is 4.58. The largest absolute Gasteiger partial charge is 0.275 e. The molecule has 0 bridgehead atoms. The van der Waals surface area contributed by atoms with E-state index in [1.165, 1.54) is 6.07 Å². The summed E-state index contributed by atoms with van der Waals surface area (Å²) in [5, 5.41) is 15.1. The van der Waals surface area contributed by atoms with Gasteiger partial charge in [-0.15, -0.1) is 0 Å². The third kappa shape index (κ3) is 2.52. The van der Waals surface area contributed by atoms with Gasteiger partial charge in [-0.05, 0) is 25.1 Å². The average molecular weight is 296 g/mol. The van der Waals surface area contributed by atoms with Crippen molar-refractivity contribution in [2.75, 3.05) is 0 Å². The van der Waals surface area contributed by atoms with Crippen molar-refractivity contribution in [1.29, 1.82) is 0 Å². The van der Waals surface area contributed by atoms with E-state index in [4.69, 9.17) is 0 Å². The molecule has 0 fully saturated rings. The number of halogens is 1. The fourth-order valence-electron chi connectivity index (χ4n) is 1.57. The molecule has 0 saturated carbocycles. The Hall–Kier alpha value is -1.69. The zero-order valence-corrected chi connectivity index (χ0v) is 10.7. The van der Waals surface area contributed by atoms with Gasteiger partial charge >= 0.3 is 0 Å². The van der Waals surface area contributed by atoms with Crippen LogP contribution < -0.4 is 0 Å². The minimum Gasteiger partial charge on any atom is -0.265 e. The zero-order chi connectivity index (χ0) is 12.4. The van der Waals surface area contributed by atoms with Gasteiger partial charge < -0.3 is 0 Å². The van der Waals surface area contributed by atoms with Crippen molar-refractivity contribution < 1.29 is 4.92 Å². The molecule has 88 valence electrons. The Kier molecular flexibility index (Phi) is 3.23. The van der Waals surface area contributed by atoms with Crippen LogP contribution in [0.3, 0.4) is 0 Å². The molecule has 0 spiro atoms. The normalized spacial score (nSPS) is 10.5. The molecule has 1 heterocycles. The van der Waals surface area contributed by atoms with Crippen LogP contribution in [-0.2, 0) is 6.54 Å². The molecular weight excluding hydrogens is 286 g/mol. The highest BCUT2D eigenvalue weighted by molar-refractivity contribution is 9.10. The predicted octanol–water partition coefficient (Wildman–Crippen LogP) is 2.91. The molecule has 0 saturated heterocycles. The standard InChI is InChI=1S/C11H10BrN3O2/c1-8-4-5-13-14(8)7-9-2-3-10(12)6-11(9)15(16)17/h2-6H,7H2,1H3. The highest BCUT2D eigenvalue weighted by atomic mass is 79.9. The Labute approximate surface area is 106 Å². The number of hydrogen-bond acceptors (Lipinski definition) is 3. The van der Waals surface area contributed by atoms with Crippen LogP contribution in [0.4, 0.5) is 5.69 Å². The molecule has 6 heteroatoms. The smallest absolute Gasteiger partial charge is 0.265 e. The minimum absolute atomic E-state index is 0.106. The summed E-state index contributed by atoms with van der Waals surface area (Å²) in [5.41, 5.74) is 1.72. The first-order valence-electron chi connectivity index (χ1n) is 4.99. The molecule has 2 aromatic rings. The van der Waals surface area contributed by atoms with Gasteiger partial charge in [0.2, 0.25) is 0 Å². The van der Waals surface area contributed by atoms with E-state index in [9.17, 15) is 10.1 Å². The summed E-state index contributed by atoms with van der Waals surface area (Å²) in [4.78, 5) is 10.6. The van der Waals surface area contributed by atoms with Gasteiger partial charge in [0, 0.05) is 22.4 Å².